The Balaban J connectivity index is 0.00000280. The molecular weight excluding hydrogens is 463 g/mol. The van der Waals surface area contributed by atoms with E-state index in [1.807, 2.05) is 7.05 Å². The van der Waals surface area contributed by atoms with Crippen LogP contribution in [0.4, 0.5) is 0 Å². The molecule has 3 rings (SSSR count). The lowest BCUT2D eigenvalue weighted by atomic mass is 10.0. The third-order valence-electron chi connectivity index (χ3n) is 5.81. The van der Waals surface area contributed by atoms with E-state index in [1.54, 1.807) is 0 Å². The zero-order chi connectivity index (χ0) is 19.1. The third kappa shape index (κ3) is 6.59. The maximum Gasteiger partial charge on any atom is 0.193 e. The van der Waals surface area contributed by atoms with Gasteiger partial charge in [-0.2, -0.15) is 0 Å². The summed E-state index contributed by atoms with van der Waals surface area (Å²) in [6.07, 6.45) is 3.46. The van der Waals surface area contributed by atoms with Crippen LogP contribution in [-0.4, -0.2) is 74.8 Å². The van der Waals surface area contributed by atoms with E-state index in [0.717, 1.165) is 64.7 Å². The van der Waals surface area contributed by atoms with Gasteiger partial charge in [0.25, 0.3) is 0 Å². The summed E-state index contributed by atoms with van der Waals surface area (Å²) in [4.78, 5) is 9.51. The minimum absolute atomic E-state index is 0. The van der Waals surface area contributed by atoms with Gasteiger partial charge in [-0.15, -0.1) is 24.0 Å². The van der Waals surface area contributed by atoms with Gasteiger partial charge in [0.05, 0.1) is 13.2 Å². The largest absolute Gasteiger partial charge is 0.379 e. The third-order valence-corrected chi connectivity index (χ3v) is 5.81. The van der Waals surface area contributed by atoms with Crippen LogP contribution in [0.2, 0.25) is 0 Å². The molecule has 158 valence electrons. The number of hydrogen-bond donors (Lipinski definition) is 1. The first-order chi connectivity index (χ1) is 13.2. The maximum atomic E-state index is 5.48. The number of halogens is 1. The predicted octanol–water partition coefficient (Wildman–Crippen LogP) is 3.34. The first-order valence-electron chi connectivity index (χ1n) is 10.5. The van der Waals surface area contributed by atoms with Gasteiger partial charge in [0.15, 0.2) is 5.96 Å². The molecule has 6 heteroatoms. The van der Waals surface area contributed by atoms with E-state index in [4.69, 9.17) is 4.74 Å². The van der Waals surface area contributed by atoms with Crippen molar-refractivity contribution in [2.45, 2.75) is 45.1 Å². The number of likely N-dealkylation sites (tertiary alicyclic amines) is 1. The average Bonchev–Trinajstić information content (AvgIpc) is 3.19. The highest BCUT2D eigenvalue weighted by molar-refractivity contribution is 14.0. The molecule has 1 aromatic carbocycles. The summed E-state index contributed by atoms with van der Waals surface area (Å²) in [6.45, 7) is 11.5. The highest BCUT2D eigenvalue weighted by Crippen LogP contribution is 2.17. The van der Waals surface area contributed by atoms with E-state index < -0.39 is 0 Å². The molecule has 0 spiro atoms. The Labute approximate surface area is 187 Å². The predicted molar refractivity (Wildman–Crippen MR) is 128 cm³/mol. The van der Waals surface area contributed by atoms with E-state index in [2.05, 4.69) is 58.2 Å². The summed E-state index contributed by atoms with van der Waals surface area (Å²) >= 11 is 0. The number of rotatable bonds is 6. The Hall–Kier alpha value is -0.860. The Morgan fingerprint density at radius 2 is 1.89 bits per heavy atom. The fourth-order valence-electron chi connectivity index (χ4n) is 4.07. The SMILES string of the molecule is CN=C(NCCCc1ccc(C(C)C)cc1)N1CCC(N2CCOCC2)C1.I. The number of nitrogens with one attached hydrogen (secondary N) is 1. The number of aryl methyl sites for hydroxylation is 1. The Morgan fingerprint density at radius 1 is 1.18 bits per heavy atom. The summed E-state index contributed by atoms with van der Waals surface area (Å²) in [5.41, 5.74) is 2.84. The van der Waals surface area contributed by atoms with Crippen LogP contribution in [0.15, 0.2) is 29.3 Å². The molecule has 2 saturated heterocycles. The molecule has 5 nitrogen and oxygen atoms in total. The lowest BCUT2D eigenvalue weighted by Crippen LogP contribution is -2.46. The fraction of sp³-hybridized carbons (Fsp3) is 0.682. The van der Waals surface area contributed by atoms with Gasteiger partial charge in [0.2, 0.25) is 0 Å². The molecule has 0 aromatic heterocycles. The summed E-state index contributed by atoms with van der Waals surface area (Å²) in [5, 5.41) is 3.57. The van der Waals surface area contributed by atoms with Crippen molar-refractivity contribution in [3.05, 3.63) is 35.4 Å². The molecule has 0 aliphatic carbocycles. The van der Waals surface area contributed by atoms with E-state index in [-0.39, 0.29) is 24.0 Å². The van der Waals surface area contributed by atoms with Crippen molar-refractivity contribution in [3.8, 4) is 0 Å². The average molecular weight is 500 g/mol. The lowest BCUT2D eigenvalue weighted by Gasteiger charge is -2.32. The highest BCUT2D eigenvalue weighted by Gasteiger charge is 2.30. The summed E-state index contributed by atoms with van der Waals surface area (Å²) in [6, 6.07) is 9.73. The highest BCUT2D eigenvalue weighted by atomic mass is 127. The number of ether oxygens (including phenoxy) is 1. The zero-order valence-electron chi connectivity index (χ0n) is 17.7. The van der Waals surface area contributed by atoms with Crippen molar-refractivity contribution in [1.82, 2.24) is 15.1 Å². The number of benzene rings is 1. The van der Waals surface area contributed by atoms with Crippen LogP contribution in [0.1, 0.15) is 43.7 Å². The van der Waals surface area contributed by atoms with Gasteiger partial charge >= 0.3 is 0 Å². The fourth-order valence-corrected chi connectivity index (χ4v) is 4.07. The number of guanidine groups is 1. The molecular formula is C22H37IN4O. The van der Waals surface area contributed by atoms with Gasteiger partial charge in [-0.25, -0.2) is 0 Å². The van der Waals surface area contributed by atoms with E-state index in [9.17, 15) is 0 Å². The monoisotopic (exact) mass is 500 g/mol. The number of aliphatic imine (C=N–C) groups is 1. The number of nitrogens with zero attached hydrogens (tertiary/aromatic N) is 3. The second-order valence-corrected chi connectivity index (χ2v) is 8.01. The van der Waals surface area contributed by atoms with Crippen molar-refractivity contribution in [1.29, 1.82) is 0 Å². The van der Waals surface area contributed by atoms with Gasteiger partial charge in [0, 0.05) is 45.8 Å². The molecule has 28 heavy (non-hydrogen) atoms. The van der Waals surface area contributed by atoms with E-state index in [1.165, 1.54) is 17.5 Å². The summed E-state index contributed by atoms with van der Waals surface area (Å²) < 4.78 is 5.48. The molecule has 1 unspecified atom stereocenters. The molecule has 2 heterocycles. The second kappa shape index (κ2) is 12.0. The topological polar surface area (TPSA) is 40.1 Å². The molecule has 2 fully saturated rings. The van der Waals surface area contributed by atoms with Crippen LogP contribution in [0.25, 0.3) is 0 Å². The van der Waals surface area contributed by atoms with Crippen LogP contribution in [0, 0.1) is 0 Å². The van der Waals surface area contributed by atoms with E-state index in [0.29, 0.717) is 12.0 Å². The van der Waals surface area contributed by atoms with Gasteiger partial charge < -0.3 is 15.0 Å². The maximum absolute atomic E-state index is 5.48. The summed E-state index contributed by atoms with van der Waals surface area (Å²) in [7, 11) is 1.90. The minimum Gasteiger partial charge on any atom is -0.379 e. The Kier molecular flexibility index (Phi) is 10.0. The van der Waals surface area contributed by atoms with Gasteiger partial charge in [-0.05, 0) is 36.3 Å². The molecule has 0 bridgehead atoms. The molecule has 2 aliphatic heterocycles. The first kappa shape index (κ1) is 23.4. The van der Waals surface area contributed by atoms with Crippen molar-refractivity contribution >= 4 is 29.9 Å². The second-order valence-electron chi connectivity index (χ2n) is 8.01. The van der Waals surface area contributed by atoms with Gasteiger partial charge in [-0.3, -0.25) is 9.89 Å². The molecule has 1 aromatic rings. The minimum atomic E-state index is 0. The van der Waals surface area contributed by atoms with Crippen molar-refractivity contribution in [2.24, 2.45) is 4.99 Å². The smallest absolute Gasteiger partial charge is 0.193 e. The quantitative estimate of drug-likeness (QED) is 0.282. The Morgan fingerprint density at radius 3 is 2.54 bits per heavy atom. The summed E-state index contributed by atoms with van der Waals surface area (Å²) in [5.74, 6) is 1.66. The number of hydrogen-bond acceptors (Lipinski definition) is 3. The molecule has 1 N–H and O–H groups in total. The standard InChI is InChI=1S/C22H36N4O.HI/c1-18(2)20-8-6-19(7-9-20)5-4-11-24-22(23-3)26-12-10-21(17-26)25-13-15-27-16-14-25;/h6-9,18,21H,4-5,10-17H2,1-3H3,(H,23,24);1H. The van der Waals surface area contributed by atoms with Crippen molar-refractivity contribution in [2.75, 3.05) is 53.0 Å². The van der Waals surface area contributed by atoms with Gasteiger partial charge in [-0.1, -0.05) is 38.1 Å². The van der Waals surface area contributed by atoms with Crippen molar-refractivity contribution < 1.29 is 4.74 Å². The van der Waals surface area contributed by atoms with E-state index >= 15 is 0 Å². The first-order valence-corrected chi connectivity index (χ1v) is 10.5. The Bertz CT molecular complexity index is 599. The lowest BCUT2D eigenvalue weighted by molar-refractivity contribution is 0.0195. The van der Waals surface area contributed by atoms with Crippen LogP contribution < -0.4 is 5.32 Å². The molecule has 2 aliphatic rings. The molecule has 0 amide bonds. The molecule has 0 saturated carbocycles. The zero-order valence-corrected chi connectivity index (χ0v) is 20.0. The van der Waals surface area contributed by atoms with Gasteiger partial charge in [0.1, 0.15) is 0 Å². The van der Waals surface area contributed by atoms with Crippen LogP contribution in [-0.2, 0) is 11.2 Å². The molecule has 1 atom stereocenters. The normalized spacial score (nSPS) is 21.1. The molecule has 0 radical (unpaired) electrons. The van der Waals surface area contributed by atoms with Crippen LogP contribution in [0.3, 0.4) is 0 Å². The number of morpholine rings is 1. The van der Waals surface area contributed by atoms with Crippen LogP contribution >= 0.6 is 24.0 Å². The van der Waals surface area contributed by atoms with Crippen molar-refractivity contribution in [3.63, 3.8) is 0 Å². The van der Waals surface area contributed by atoms with Crippen LogP contribution in [0.5, 0.6) is 0 Å².